The Hall–Kier alpha value is 0.0738. The molecule has 0 aromatic carbocycles. The fourth-order valence-corrected chi connectivity index (χ4v) is 0.640. The zero-order valence-electron chi connectivity index (χ0n) is 5.16. The third-order valence-electron chi connectivity index (χ3n) is 1.26. The van der Waals surface area contributed by atoms with E-state index in [1.807, 2.05) is 0 Å². The van der Waals surface area contributed by atoms with Crippen LogP contribution in [0.1, 0.15) is 0 Å². The summed E-state index contributed by atoms with van der Waals surface area (Å²) in [6.45, 7) is 0. The molecule has 4 nitrogen and oxygen atoms in total. The van der Waals surface area contributed by atoms with Crippen LogP contribution in [-0.4, -0.2) is 6.04 Å². The van der Waals surface area contributed by atoms with Crippen LogP contribution >= 0.6 is 0 Å². The van der Waals surface area contributed by atoms with Crippen LogP contribution in [0, 0.1) is 43.0 Å². The Morgan fingerprint density at radius 1 is 1.20 bits per heavy atom. The molecule has 0 bridgehead atoms. The van der Waals surface area contributed by atoms with Crippen molar-refractivity contribution in [3.8, 4) is 0 Å². The van der Waals surface area contributed by atoms with Crippen LogP contribution in [0.25, 0.3) is 0 Å². The molecule has 8 N–H and O–H groups in total. The summed E-state index contributed by atoms with van der Waals surface area (Å²) in [6.07, 6.45) is 2.62. The van der Waals surface area contributed by atoms with Gasteiger partial charge in [0.1, 0.15) is 0 Å². The first-order chi connectivity index (χ1) is 4.13. The van der Waals surface area contributed by atoms with E-state index in [0.29, 0.717) is 17.1 Å². The Morgan fingerprint density at radius 2 is 1.70 bits per heavy atom. The second-order valence-electron chi connectivity index (χ2n) is 1.93. The third kappa shape index (κ3) is 1.56. The summed E-state index contributed by atoms with van der Waals surface area (Å²) in [4.78, 5) is 0. The average Bonchev–Trinajstić information content (AvgIpc) is 1.98. The molecule has 63 valence electrons. The second-order valence-corrected chi connectivity index (χ2v) is 1.93. The van der Waals surface area contributed by atoms with Crippen LogP contribution in [-0.2, 0) is 0 Å². The minimum absolute atomic E-state index is 0. The quantitative estimate of drug-likeness (QED) is 0.392. The first-order valence-corrected chi connectivity index (χ1v) is 2.53. The van der Waals surface area contributed by atoms with Crippen LogP contribution in [0.5, 0.6) is 0 Å². The molecule has 1 rings (SSSR count). The fourth-order valence-electron chi connectivity index (χ4n) is 0.640. The molecular weight excluding hydrogens is 285 g/mol. The Balaban J connectivity index is 0.000000810. The predicted molar refractivity (Wildman–Crippen MR) is 34.3 cm³/mol. The van der Waals surface area contributed by atoms with Crippen LogP contribution in [0.3, 0.4) is 0 Å². The molecule has 0 saturated carbocycles. The number of hydrogen-bond donors (Lipinski definition) is 4. The molecule has 0 saturated heterocycles. The molecule has 5 heteroatoms. The minimum Gasteiger partial charge on any atom is -0.475 e. The van der Waals surface area contributed by atoms with Gasteiger partial charge in [0, 0.05) is 42.9 Å². The monoisotopic (exact) mass is 294 g/mol. The van der Waals surface area contributed by atoms with Gasteiger partial charge in [0.2, 0.25) is 0 Å². The third-order valence-corrected chi connectivity index (χ3v) is 1.26. The molecule has 0 unspecified atom stereocenters. The maximum Gasteiger partial charge on any atom is 0.0000870 e. The van der Waals surface area contributed by atoms with Crippen molar-refractivity contribution in [2.45, 2.75) is 6.04 Å². The van der Waals surface area contributed by atoms with E-state index in [1.54, 1.807) is 0 Å². The molecule has 10 heavy (non-hydrogen) atoms. The van der Waals surface area contributed by atoms with Crippen molar-refractivity contribution < 1.29 is 36.9 Å². The molecule has 1 aliphatic carbocycles. The van der Waals surface area contributed by atoms with Crippen molar-refractivity contribution in [2.75, 3.05) is 0 Å². The molecule has 0 amide bonds. The Bertz CT molecular complexity index is 196. The van der Waals surface area contributed by atoms with E-state index in [1.165, 1.54) is 0 Å². The summed E-state index contributed by atoms with van der Waals surface area (Å²) in [6, 6.07) is -0.426. The first-order valence-electron chi connectivity index (χ1n) is 2.53. The van der Waals surface area contributed by atoms with E-state index in [2.05, 4.69) is 6.08 Å². The van der Waals surface area contributed by atoms with E-state index in [4.69, 9.17) is 22.9 Å². The van der Waals surface area contributed by atoms with Gasteiger partial charge in [-0.25, -0.2) is 6.08 Å². The van der Waals surface area contributed by atoms with Gasteiger partial charge in [-0.3, -0.25) is 0 Å². The summed E-state index contributed by atoms with van der Waals surface area (Å²) < 4.78 is 0. The van der Waals surface area contributed by atoms with E-state index in [-0.39, 0.29) is 36.9 Å². The van der Waals surface area contributed by atoms with Crippen molar-refractivity contribution in [1.82, 2.24) is 0 Å². The number of allylic oxidation sites excluding steroid dienone is 1. The van der Waals surface area contributed by atoms with Crippen molar-refractivity contribution in [1.29, 1.82) is 0 Å². The predicted octanol–water partition coefficient (Wildman–Crippen LogP) is -1.90. The van der Waals surface area contributed by atoms with Crippen LogP contribution in [0.2, 0.25) is 0 Å². The molecule has 0 aliphatic heterocycles. The summed E-state index contributed by atoms with van der Waals surface area (Å²) >= 11 is 0. The first kappa shape index (κ1) is 10.1. The van der Waals surface area contributed by atoms with Crippen LogP contribution in [0.4, 0.5) is 0 Å². The maximum atomic E-state index is 5.42. The molecule has 0 aromatic heterocycles. The molecule has 0 heterocycles. The van der Waals surface area contributed by atoms with E-state index in [0.717, 1.165) is 0 Å². The number of nitrogens with two attached hydrogens (primary N) is 4. The molecule has 1 aliphatic rings. The van der Waals surface area contributed by atoms with Gasteiger partial charge < -0.3 is 22.9 Å². The van der Waals surface area contributed by atoms with Gasteiger partial charge in [0.05, 0.1) is 0 Å². The Kier molecular flexibility index (Phi) is 3.49. The molecule has 0 fully saturated rings. The summed E-state index contributed by atoms with van der Waals surface area (Å²) in [7, 11) is 0. The molecular formula is C5H9N4Tm-. The van der Waals surface area contributed by atoms with Crippen molar-refractivity contribution in [2.24, 2.45) is 22.9 Å². The summed E-state index contributed by atoms with van der Waals surface area (Å²) in [5.74, 6) is 0. The van der Waals surface area contributed by atoms with Gasteiger partial charge in [-0.05, 0) is 0 Å². The zero-order chi connectivity index (χ0) is 7.02. The fraction of sp³-hybridized carbons (Fsp3) is 0.200. The molecule has 0 aromatic rings. The molecule has 0 spiro atoms. The largest absolute Gasteiger partial charge is 0.475 e. The van der Waals surface area contributed by atoms with E-state index < -0.39 is 6.04 Å². The minimum atomic E-state index is -0.426. The van der Waals surface area contributed by atoms with Crippen LogP contribution < -0.4 is 22.9 Å². The van der Waals surface area contributed by atoms with Crippen LogP contribution in [0.15, 0.2) is 17.1 Å². The smallest absolute Gasteiger partial charge is 0.0000870 e. The molecule has 1 radical (unpaired) electrons. The normalized spacial score (nSPS) is 24.1. The SMILES string of the molecule is NC1=[C-]C(N)=C(N)[C@@H]1N.[Tm]. The standard InChI is InChI=1S/C5H9N4.Tm/c6-2-1-3(7)5(9)4(2)8;/h4H,6-9H2;/q-1;/t4-;/m1./s1. The van der Waals surface area contributed by atoms with Gasteiger partial charge in [0.25, 0.3) is 0 Å². The molecule has 1 atom stereocenters. The zero-order valence-corrected chi connectivity index (χ0v) is 6.94. The number of rotatable bonds is 0. The summed E-state index contributed by atoms with van der Waals surface area (Å²) in [5.41, 5.74) is 22.6. The Morgan fingerprint density at radius 3 is 1.80 bits per heavy atom. The van der Waals surface area contributed by atoms with Crippen molar-refractivity contribution in [3.63, 3.8) is 0 Å². The van der Waals surface area contributed by atoms with E-state index in [9.17, 15) is 0 Å². The average molecular weight is 294 g/mol. The topological polar surface area (TPSA) is 104 Å². The van der Waals surface area contributed by atoms with Crippen molar-refractivity contribution in [3.05, 3.63) is 23.2 Å². The van der Waals surface area contributed by atoms with Gasteiger partial charge >= 0.3 is 0 Å². The maximum absolute atomic E-state index is 5.42. The van der Waals surface area contributed by atoms with Gasteiger partial charge in [-0.1, -0.05) is 11.4 Å². The van der Waals surface area contributed by atoms with Gasteiger partial charge in [-0.2, -0.15) is 0 Å². The van der Waals surface area contributed by atoms with Gasteiger partial charge in [0.15, 0.2) is 0 Å². The van der Waals surface area contributed by atoms with E-state index >= 15 is 0 Å². The van der Waals surface area contributed by atoms with Gasteiger partial charge in [-0.15, -0.1) is 5.70 Å². The Labute approximate surface area is 88.5 Å². The van der Waals surface area contributed by atoms with Crippen molar-refractivity contribution >= 4 is 0 Å². The summed E-state index contributed by atoms with van der Waals surface area (Å²) in [5, 5.41) is 0. The second kappa shape index (κ2) is 3.46. The number of hydrogen-bond acceptors (Lipinski definition) is 4.